The highest BCUT2D eigenvalue weighted by Gasteiger charge is 2.31. The Morgan fingerprint density at radius 2 is 2.03 bits per heavy atom. The van der Waals surface area contributed by atoms with Crippen LogP contribution in [0.5, 0.6) is 11.5 Å². The molecule has 0 saturated carbocycles. The highest BCUT2D eigenvalue weighted by molar-refractivity contribution is 5.76. The van der Waals surface area contributed by atoms with Crippen LogP contribution in [0.1, 0.15) is 38.6 Å². The summed E-state index contributed by atoms with van der Waals surface area (Å²) < 4.78 is 5.34. The second-order valence-corrected chi connectivity index (χ2v) is 9.45. The third-order valence-corrected chi connectivity index (χ3v) is 6.95. The molecule has 170 valence electrons. The molecule has 3 N–H and O–H groups in total. The van der Waals surface area contributed by atoms with Gasteiger partial charge in [0.1, 0.15) is 17.3 Å². The van der Waals surface area contributed by atoms with Crippen LogP contribution in [-0.4, -0.2) is 28.7 Å². The molecule has 0 unspecified atom stereocenters. The van der Waals surface area contributed by atoms with E-state index in [1.165, 1.54) is 12.0 Å². The van der Waals surface area contributed by atoms with Gasteiger partial charge in [-0.2, -0.15) is 0 Å². The van der Waals surface area contributed by atoms with Crippen molar-refractivity contribution in [1.29, 1.82) is 0 Å². The quantitative estimate of drug-likeness (QED) is 0.412. The minimum Gasteiger partial charge on any atom is -0.508 e. The third-order valence-electron chi connectivity index (χ3n) is 6.95. The molecule has 1 heterocycles. The van der Waals surface area contributed by atoms with Gasteiger partial charge < -0.3 is 20.1 Å². The average Bonchev–Trinajstić information content (AvgIpc) is 3.18. The zero-order valence-corrected chi connectivity index (χ0v) is 19.6. The molecule has 1 aromatic heterocycles. The predicted octanol–water partition coefficient (Wildman–Crippen LogP) is 5.46. The number of methoxy groups -OCH3 is 1. The molecule has 4 rings (SSSR count). The van der Waals surface area contributed by atoms with Crippen molar-refractivity contribution in [2.45, 2.75) is 40.2 Å². The lowest BCUT2D eigenvalue weighted by Gasteiger charge is -2.37. The van der Waals surface area contributed by atoms with E-state index in [-0.39, 0.29) is 0 Å². The summed E-state index contributed by atoms with van der Waals surface area (Å²) in [5.74, 6) is 4.48. The van der Waals surface area contributed by atoms with Crippen LogP contribution < -0.4 is 10.1 Å². The van der Waals surface area contributed by atoms with Crippen molar-refractivity contribution in [3.63, 3.8) is 0 Å². The maximum absolute atomic E-state index is 10.0. The van der Waals surface area contributed by atoms with Gasteiger partial charge in [-0.15, -0.1) is 0 Å². The molecule has 5 heteroatoms. The first kappa shape index (κ1) is 22.4. The Balaban J connectivity index is 1.44. The summed E-state index contributed by atoms with van der Waals surface area (Å²) in [5.41, 5.74) is 4.42. The minimum atomic E-state index is 0.360. The smallest absolute Gasteiger partial charge is 0.121 e. The SMILES string of the molecule is COc1ccc2nc(C[C@@H]3C[C@@H](C(C)C)[C@H](CNCc4ccccc4O)C=C3C)[nH]c2c1. The van der Waals surface area contributed by atoms with Gasteiger partial charge in [0.2, 0.25) is 0 Å². The van der Waals surface area contributed by atoms with Crippen LogP contribution in [0.2, 0.25) is 0 Å². The van der Waals surface area contributed by atoms with Crippen molar-refractivity contribution in [3.8, 4) is 11.5 Å². The van der Waals surface area contributed by atoms with Crippen LogP contribution in [0.25, 0.3) is 11.0 Å². The number of aromatic hydroxyl groups is 1. The van der Waals surface area contributed by atoms with Gasteiger partial charge in [-0.1, -0.05) is 43.7 Å². The number of nitrogens with zero attached hydrogens (tertiary/aromatic N) is 1. The Bertz CT molecular complexity index is 1090. The molecule has 32 heavy (non-hydrogen) atoms. The first-order valence-electron chi connectivity index (χ1n) is 11.6. The van der Waals surface area contributed by atoms with Crippen LogP contribution in [0, 0.1) is 23.7 Å². The van der Waals surface area contributed by atoms with Crippen molar-refractivity contribution in [2.24, 2.45) is 23.7 Å². The van der Waals surface area contributed by atoms with Gasteiger partial charge >= 0.3 is 0 Å². The number of benzene rings is 2. The molecule has 3 aromatic rings. The molecule has 0 spiro atoms. The molecule has 0 radical (unpaired) electrons. The van der Waals surface area contributed by atoms with Crippen LogP contribution in [0.4, 0.5) is 0 Å². The number of H-pyrrole nitrogens is 1. The van der Waals surface area contributed by atoms with Crippen LogP contribution in [-0.2, 0) is 13.0 Å². The number of allylic oxidation sites excluding steroid dienone is 1. The van der Waals surface area contributed by atoms with E-state index in [4.69, 9.17) is 9.72 Å². The third kappa shape index (κ3) is 4.99. The van der Waals surface area contributed by atoms with Gasteiger partial charge in [-0.05, 0) is 55.2 Å². The molecule has 1 aliphatic carbocycles. The topological polar surface area (TPSA) is 70.2 Å². The normalized spacial score (nSPS) is 21.2. The predicted molar refractivity (Wildman–Crippen MR) is 130 cm³/mol. The Morgan fingerprint density at radius 1 is 1.22 bits per heavy atom. The highest BCUT2D eigenvalue weighted by Crippen LogP contribution is 2.38. The summed E-state index contributed by atoms with van der Waals surface area (Å²) in [4.78, 5) is 8.32. The molecule has 0 amide bonds. The largest absolute Gasteiger partial charge is 0.508 e. The summed E-state index contributed by atoms with van der Waals surface area (Å²) in [5, 5.41) is 13.6. The Hall–Kier alpha value is -2.79. The van der Waals surface area contributed by atoms with Crippen molar-refractivity contribution >= 4 is 11.0 Å². The van der Waals surface area contributed by atoms with Gasteiger partial charge in [0.25, 0.3) is 0 Å². The van der Waals surface area contributed by atoms with E-state index in [0.717, 1.165) is 41.1 Å². The molecule has 0 bridgehead atoms. The maximum atomic E-state index is 10.0. The Kier molecular flexibility index (Phi) is 6.85. The highest BCUT2D eigenvalue weighted by atomic mass is 16.5. The second kappa shape index (κ2) is 9.78. The standard InChI is InChI=1S/C27H35N3O2/c1-17(2)23-12-20(13-27-29-24-10-9-22(32-4)14-25(24)30-27)18(3)11-21(23)16-28-15-19-7-5-6-8-26(19)31/h5-11,14,17,20-21,23,28,31H,12-13,15-16H2,1-4H3,(H,29,30)/t20-,21-,23-/m0/s1. The Morgan fingerprint density at radius 3 is 2.78 bits per heavy atom. The number of aromatic nitrogens is 2. The first-order chi connectivity index (χ1) is 15.4. The summed E-state index contributed by atoms with van der Waals surface area (Å²) in [6.45, 7) is 8.54. The minimum absolute atomic E-state index is 0.360. The lowest BCUT2D eigenvalue weighted by molar-refractivity contribution is 0.221. The van der Waals surface area contributed by atoms with E-state index in [0.29, 0.717) is 36.0 Å². The van der Waals surface area contributed by atoms with Gasteiger partial charge in [0.15, 0.2) is 0 Å². The number of hydrogen-bond donors (Lipinski definition) is 3. The fraction of sp³-hybridized carbons (Fsp3) is 0.444. The van der Waals surface area contributed by atoms with E-state index in [1.807, 2.05) is 36.4 Å². The summed E-state index contributed by atoms with van der Waals surface area (Å²) in [7, 11) is 1.69. The van der Waals surface area contributed by atoms with Crippen molar-refractivity contribution in [3.05, 3.63) is 65.5 Å². The number of hydrogen-bond acceptors (Lipinski definition) is 4. The van der Waals surface area contributed by atoms with Crippen LogP contribution in [0.3, 0.4) is 0 Å². The molecule has 5 nitrogen and oxygen atoms in total. The number of nitrogens with one attached hydrogen (secondary N) is 2. The lowest BCUT2D eigenvalue weighted by Crippen LogP contribution is -2.34. The van der Waals surface area contributed by atoms with Crippen LogP contribution in [0.15, 0.2) is 54.1 Å². The van der Waals surface area contributed by atoms with Crippen LogP contribution >= 0.6 is 0 Å². The molecule has 0 saturated heterocycles. The van der Waals surface area contributed by atoms with E-state index in [2.05, 4.69) is 37.1 Å². The van der Waals surface area contributed by atoms with E-state index in [1.54, 1.807) is 13.2 Å². The maximum Gasteiger partial charge on any atom is 0.121 e. The number of imidazole rings is 1. The fourth-order valence-electron chi connectivity index (χ4n) is 5.04. The van der Waals surface area contributed by atoms with Crippen molar-refractivity contribution < 1.29 is 9.84 Å². The molecule has 3 atom stereocenters. The molecular weight excluding hydrogens is 398 g/mol. The van der Waals surface area contributed by atoms with E-state index in [9.17, 15) is 5.11 Å². The van der Waals surface area contributed by atoms with E-state index >= 15 is 0 Å². The number of para-hydroxylation sites is 1. The summed E-state index contributed by atoms with van der Waals surface area (Å²) in [6.07, 6.45) is 4.58. The molecule has 1 aliphatic rings. The lowest BCUT2D eigenvalue weighted by atomic mass is 9.70. The number of fused-ring (bicyclic) bond motifs is 1. The zero-order chi connectivity index (χ0) is 22.7. The number of rotatable bonds is 8. The summed E-state index contributed by atoms with van der Waals surface area (Å²) in [6, 6.07) is 13.5. The van der Waals surface area contributed by atoms with Crippen molar-refractivity contribution in [1.82, 2.24) is 15.3 Å². The first-order valence-corrected chi connectivity index (χ1v) is 11.6. The van der Waals surface area contributed by atoms with Gasteiger partial charge in [-0.3, -0.25) is 0 Å². The molecular formula is C27H35N3O2. The number of ether oxygens (including phenoxy) is 1. The number of aromatic amines is 1. The van der Waals surface area contributed by atoms with Gasteiger partial charge in [0, 0.05) is 31.1 Å². The Labute approximate surface area is 190 Å². The number of phenolic OH excluding ortho intramolecular Hbond substituents is 1. The number of phenols is 1. The molecule has 0 fully saturated rings. The second-order valence-electron chi connectivity index (χ2n) is 9.45. The van der Waals surface area contributed by atoms with Gasteiger partial charge in [-0.25, -0.2) is 4.98 Å². The van der Waals surface area contributed by atoms with E-state index < -0.39 is 0 Å². The summed E-state index contributed by atoms with van der Waals surface area (Å²) >= 11 is 0. The van der Waals surface area contributed by atoms with Gasteiger partial charge in [0.05, 0.1) is 18.1 Å². The molecule has 0 aliphatic heterocycles. The average molecular weight is 434 g/mol. The zero-order valence-electron chi connectivity index (χ0n) is 19.6. The monoisotopic (exact) mass is 433 g/mol. The fourth-order valence-corrected chi connectivity index (χ4v) is 5.04. The molecule has 2 aromatic carbocycles. The van der Waals surface area contributed by atoms with Crippen molar-refractivity contribution in [2.75, 3.05) is 13.7 Å².